The van der Waals surface area contributed by atoms with Crippen LogP contribution >= 0.6 is 0 Å². The number of nitrogens with zero attached hydrogens (tertiary/aromatic N) is 5. The first kappa shape index (κ1) is 22.5. The Hall–Kier alpha value is -2.98. The van der Waals surface area contributed by atoms with Gasteiger partial charge in [-0.2, -0.15) is 4.98 Å². The van der Waals surface area contributed by atoms with Gasteiger partial charge in [-0.25, -0.2) is 4.98 Å². The van der Waals surface area contributed by atoms with Gasteiger partial charge >= 0.3 is 11.8 Å². The van der Waals surface area contributed by atoms with Crippen molar-refractivity contribution in [2.24, 2.45) is 11.8 Å². The van der Waals surface area contributed by atoms with E-state index in [0.717, 1.165) is 61.9 Å². The van der Waals surface area contributed by atoms with E-state index in [1.807, 2.05) is 19.3 Å². The molecule has 3 aromatic rings. The third-order valence-electron chi connectivity index (χ3n) is 8.12. The second-order valence-electron chi connectivity index (χ2n) is 10.8. The number of carbonyl (C=O) groups excluding carboxylic acids is 1. The minimum atomic E-state index is -0.531. The van der Waals surface area contributed by atoms with Crippen LogP contribution in [-0.4, -0.2) is 85.8 Å². The Labute approximate surface area is 204 Å². The maximum Gasteiger partial charge on any atom is 0.316 e. The van der Waals surface area contributed by atoms with Gasteiger partial charge in [0.1, 0.15) is 5.65 Å². The average molecular weight is 480 g/mol. The summed E-state index contributed by atoms with van der Waals surface area (Å²) in [7, 11) is 2.05. The van der Waals surface area contributed by atoms with Crippen LogP contribution < -0.4 is 5.32 Å². The van der Waals surface area contributed by atoms with Crippen LogP contribution in [-0.2, 0) is 0 Å². The summed E-state index contributed by atoms with van der Waals surface area (Å²) in [4.78, 5) is 29.1. The lowest BCUT2D eigenvalue weighted by Gasteiger charge is -2.48. The maximum atomic E-state index is 13.0. The van der Waals surface area contributed by atoms with Crippen LogP contribution in [0, 0.1) is 11.8 Å². The van der Waals surface area contributed by atoms with Gasteiger partial charge in [-0.1, -0.05) is 12.1 Å². The molecule has 2 saturated carbocycles. The Bertz CT molecular complexity index is 1230. The standard InChI is InChI=1S/C25H33N7O3/c1-15-11-16-13-25(34,12-15)5-3-19(16)28-20-17-4-6-26-21(17)27-14-18(20)22-29-23(35-30-22)24(33)32-9-7-31(2)8-10-32/h4,6,14-16,19,34H,3,5,7-13H2,1-2H3,(H2,26,27,28)/t15?,16-,19-,25-/m0/s1. The molecule has 10 nitrogen and oxygen atoms in total. The maximum absolute atomic E-state index is 13.0. The van der Waals surface area contributed by atoms with E-state index >= 15 is 0 Å². The largest absolute Gasteiger partial charge is 0.390 e. The molecular formula is C25H33N7O3. The highest BCUT2D eigenvalue weighted by atomic mass is 16.5. The number of amides is 1. The molecule has 2 bridgehead atoms. The van der Waals surface area contributed by atoms with Crippen molar-refractivity contribution in [3.05, 3.63) is 24.4 Å². The number of hydrogen-bond acceptors (Lipinski definition) is 8. The van der Waals surface area contributed by atoms with Crippen LogP contribution in [0.25, 0.3) is 22.4 Å². The number of aromatic nitrogens is 4. The van der Waals surface area contributed by atoms with Crippen molar-refractivity contribution in [2.45, 2.75) is 50.7 Å². The highest BCUT2D eigenvalue weighted by molar-refractivity contribution is 5.97. The number of fused-ring (bicyclic) bond motifs is 3. The van der Waals surface area contributed by atoms with Crippen molar-refractivity contribution in [3.8, 4) is 11.4 Å². The lowest BCUT2D eigenvalue weighted by molar-refractivity contribution is -0.0677. The quantitative estimate of drug-likeness (QED) is 0.522. The summed E-state index contributed by atoms with van der Waals surface area (Å²) >= 11 is 0. The summed E-state index contributed by atoms with van der Waals surface area (Å²) in [6.45, 7) is 5.17. The molecular weight excluding hydrogens is 446 g/mol. The van der Waals surface area contributed by atoms with Crippen LogP contribution in [0.1, 0.15) is 49.7 Å². The first-order valence-corrected chi connectivity index (χ1v) is 12.7. The van der Waals surface area contributed by atoms with Gasteiger partial charge in [0.05, 0.1) is 16.9 Å². The summed E-state index contributed by atoms with van der Waals surface area (Å²) in [6, 6.07) is 2.23. The molecule has 1 aliphatic heterocycles. The van der Waals surface area contributed by atoms with E-state index in [2.05, 4.69) is 37.2 Å². The number of aliphatic hydroxyl groups is 1. The Morgan fingerprint density at radius 3 is 2.94 bits per heavy atom. The fourth-order valence-corrected chi connectivity index (χ4v) is 6.35. The molecule has 6 rings (SSSR count). The molecule has 3 aliphatic rings. The van der Waals surface area contributed by atoms with E-state index in [9.17, 15) is 9.90 Å². The number of pyridine rings is 1. The molecule has 0 aromatic carbocycles. The highest BCUT2D eigenvalue weighted by Gasteiger charge is 2.45. The molecule has 1 amide bonds. The number of likely N-dealkylation sites (N-methyl/N-ethyl adjacent to an activating group) is 1. The Morgan fingerprint density at radius 2 is 2.11 bits per heavy atom. The van der Waals surface area contributed by atoms with Gasteiger partial charge in [-0.05, 0) is 57.1 Å². The smallest absolute Gasteiger partial charge is 0.316 e. The van der Waals surface area contributed by atoms with Crippen molar-refractivity contribution < 1.29 is 14.4 Å². The third kappa shape index (κ3) is 4.18. The van der Waals surface area contributed by atoms with E-state index in [4.69, 9.17) is 4.52 Å². The number of piperazine rings is 1. The zero-order chi connectivity index (χ0) is 24.2. The topological polar surface area (TPSA) is 123 Å². The van der Waals surface area contributed by atoms with Gasteiger partial charge in [0, 0.05) is 50.0 Å². The first-order valence-electron chi connectivity index (χ1n) is 12.7. The van der Waals surface area contributed by atoms with E-state index < -0.39 is 5.60 Å². The fourth-order valence-electron chi connectivity index (χ4n) is 6.35. The van der Waals surface area contributed by atoms with Crippen LogP contribution in [0.3, 0.4) is 0 Å². The molecule has 10 heteroatoms. The number of H-pyrrole nitrogens is 1. The number of hydrogen-bond donors (Lipinski definition) is 3. The SMILES string of the molecule is CC1C[C@H]2C[C@](O)(CC[C@@H]2Nc2c(-c3noc(C(=O)N4CCN(C)CC4)n3)cnc3[nH]ccc23)C1. The summed E-state index contributed by atoms with van der Waals surface area (Å²) in [5.41, 5.74) is 1.85. The van der Waals surface area contributed by atoms with E-state index in [1.165, 1.54) is 0 Å². The number of carbonyl (C=O) groups is 1. The molecule has 3 aromatic heterocycles. The van der Waals surface area contributed by atoms with Crippen molar-refractivity contribution >= 4 is 22.6 Å². The van der Waals surface area contributed by atoms with Gasteiger partial charge in [0.15, 0.2) is 0 Å². The second-order valence-corrected chi connectivity index (χ2v) is 10.8. The zero-order valence-corrected chi connectivity index (χ0v) is 20.3. The van der Waals surface area contributed by atoms with E-state index in [-0.39, 0.29) is 17.8 Å². The molecule has 2 aliphatic carbocycles. The van der Waals surface area contributed by atoms with Gasteiger partial charge in [-0.15, -0.1) is 0 Å². The molecule has 1 saturated heterocycles. The van der Waals surface area contributed by atoms with E-state index in [0.29, 0.717) is 36.3 Å². The minimum Gasteiger partial charge on any atom is -0.390 e. The monoisotopic (exact) mass is 479 g/mol. The Morgan fingerprint density at radius 1 is 1.29 bits per heavy atom. The first-order chi connectivity index (χ1) is 16.9. The zero-order valence-electron chi connectivity index (χ0n) is 20.3. The highest BCUT2D eigenvalue weighted by Crippen LogP contribution is 2.47. The molecule has 1 unspecified atom stereocenters. The van der Waals surface area contributed by atoms with Crippen LogP contribution in [0.4, 0.5) is 5.69 Å². The molecule has 186 valence electrons. The lowest BCUT2D eigenvalue weighted by atomic mass is 9.64. The van der Waals surface area contributed by atoms with Crippen LogP contribution in [0.5, 0.6) is 0 Å². The molecule has 0 spiro atoms. The normalized spacial score (nSPS) is 29.5. The summed E-state index contributed by atoms with van der Waals surface area (Å²) in [5, 5.41) is 19.9. The number of anilines is 1. The van der Waals surface area contributed by atoms with Crippen molar-refractivity contribution in [2.75, 3.05) is 38.5 Å². The summed E-state index contributed by atoms with van der Waals surface area (Å²) in [6.07, 6.45) is 8.13. The third-order valence-corrected chi connectivity index (χ3v) is 8.12. The molecule has 4 atom stereocenters. The van der Waals surface area contributed by atoms with Crippen LogP contribution in [0.2, 0.25) is 0 Å². The number of rotatable bonds is 4. The van der Waals surface area contributed by atoms with Gasteiger partial charge in [0.25, 0.3) is 0 Å². The molecule has 35 heavy (non-hydrogen) atoms. The molecule has 0 radical (unpaired) electrons. The Balaban J connectivity index is 1.30. The van der Waals surface area contributed by atoms with Crippen molar-refractivity contribution in [1.82, 2.24) is 29.9 Å². The van der Waals surface area contributed by atoms with Crippen LogP contribution in [0.15, 0.2) is 23.0 Å². The fraction of sp³-hybridized carbons (Fsp3) is 0.600. The van der Waals surface area contributed by atoms with Crippen molar-refractivity contribution in [1.29, 1.82) is 0 Å². The average Bonchev–Trinajstić information content (AvgIpc) is 3.50. The summed E-state index contributed by atoms with van der Waals surface area (Å²) < 4.78 is 5.43. The predicted molar refractivity (Wildman–Crippen MR) is 131 cm³/mol. The number of nitrogens with one attached hydrogen (secondary N) is 2. The van der Waals surface area contributed by atoms with Gasteiger partial charge in [0.2, 0.25) is 5.82 Å². The van der Waals surface area contributed by atoms with Crippen molar-refractivity contribution in [3.63, 3.8) is 0 Å². The second kappa shape index (κ2) is 8.60. The summed E-state index contributed by atoms with van der Waals surface area (Å²) in [5.74, 6) is 1.03. The van der Waals surface area contributed by atoms with E-state index in [1.54, 1.807) is 11.1 Å². The predicted octanol–water partition coefficient (Wildman–Crippen LogP) is 2.74. The van der Waals surface area contributed by atoms with Gasteiger partial charge < -0.3 is 29.7 Å². The molecule has 3 N–H and O–H groups in total. The lowest BCUT2D eigenvalue weighted by Crippen LogP contribution is -2.49. The number of aromatic amines is 1. The van der Waals surface area contributed by atoms with Gasteiger partial charge in [-0.3, -0.25) is 4.79 Å². The minimum absolute atomic E-state index is 0.00787. The Kier molecular flexibility index (Phi) is 5.52. The molecule has 4 heterocycles. The molecule has 3 fully saturated rings.